The summed E-state index contributed by atoms with van der Waals surface area (Å²) in [6.07, 6.45) is 7.59. The molecular formula is C29H33ClFN5O3S. The third-order valence-corrected chi connectivity index (χ3v) is 9.45. The summed E-state index contributed by atoms with van der Waals surface area (Å²) in [6, 6.07) is 3.72. The summed E-state index contributed by atoms with van der Waals surface area (Å²) in [7, 11) is 0. The first-order valence-corrected chi connectivity index (χ1v) is 14.9. The molecule has 11 heteroatoms. The lowest BCUT2D eigenvalue weighted by Gasteiger charge is -2.30. The number of Topliss-reactive ketones (excluding diaryl/α,β-unsaturated/α-hetero) is 1. The lowest BCUT2D eigenvalue weighted by Crippen LogP contribution is -2.36. The van der Waals surface area contributed by atoms with E-state index >= 15 is 0 Å². The fraction of sp³-hybridized carbons (Fsp3) is 0.483. The Morgan fingerprint density at radius 1 is 1.15 bits per heavy atom. The highest BCUT2D eigenvalue weighted by atomic mass is 35.5. The number of carbonyl (C=O) groups is 2. The highest BCUT2D eigenvalue weighted by Gasteiger charge is 2.27. The van der Waals surface area contributed by atoms with Crippen molar-refractivity contribution in [1.29, 1.82) is 0 Å². The van der Waals surface area contributed by atoms with Crippen LogP contribution in [0.15, 0.2) is 24.5 Å². The van der Waals surface area contributed by atoms with E-state index < -0.39 is 5.97 Å². The van der Waals surface area contributed by atoms with Crippen LogP contribution in [0.5, 0.6) is 0 Å². The largest absolute Gasteiger partial charge is 0.481 e. The van der Waals surface area contributed by atoms with Crippen LogP contribution in [0.3, 0.4) is 0 Å². The molecular weight excluding hydrogens is 553 g/mol. The number of anilines is 1. The normalized spacial score (nSPS) is 18.4. The Labute approximate surface area is 242 Å². The Morgan fingerprint density at radius 3 is 2.58 bits per heavy atom. The van der Waals surface area contributed by atoms with E-state index in [1.165, 1.54) is 23.6 Å². The van der Waals surface area contributed by atoms with Gasteiger partial charge in [-0.1, -0.05) is 18.5 Å². The van der Waals surface area contributed by atoms with Crippen molar-refractivity contribution >= 4 is 40.5 Å². The van der Waals surface area contributed by atoms with Gasteiger partial charge in [0.1, 0.15) is 22.3 Å². The van der Waals surface area contributed by atoms with E-state index in [0.29, 0.717) is 71.2 Å². The van der Waals surface area contributed by atoms with E-state index in [4.69, 9.17) is 16.6 Å². The number of ketones is 1. The van der Waals surface area contributed by atoms with Gasteiger partial charge in [0.25, 0.3) is 0 Å². The van der Waals surface area contributed by atoms with E-state index in [2.05, 4.69) is 21.8 Å². The molecule has 2 aliphatic heterocycles. The first-order valence-electron chi connectivity index (χ1n) is 13.7. The van der Waals surface area contributed by atoms with Crippen molar-refractivity contribution in [1.82, 2.24) is 19.9 Å². The molecule has 1 N–H and O–H groups in total. The zero-order chi connectivity index (χ0) is 28.4. The molecule has 5 rings (SSSR count). The Hall–Kier alpha value is -2.95. The molecule has 4 heterocycles. The maximum Gasteiger partial charge on any atom is 0.306 e. The van der Waals surface area contributed by atoms with Gasteiger partial charge in [0.15, 0.2) is 5.78 Å². The predicted octanol–water partition coefficient (Wildman–Crippen LogP) is 5.80. The third-order valence-electron chi connectivity index (χ3n) is 8.02. The number of likely N-dealkylation sites (tertiary alicyclic amines) is 1. The molecule has 1 atom stereocenters. The highest BCUT2D eigenvalue weighted by Crippen LogP contribution is 2.35. The van der Waals surface area contributed by atoms with E-state index in [1.807, 2.05) is 4.90 Å². The second kappa shape index (κ2) is 12.3. The quantitative estimate of drug-likeness (QED) is 0.314. The van der Waals surface area contributed by atoms with E-state index in [-0.39, 0.29) is 29.6 Å². The number of rotatable bonds is 9. The number of thiazole rings is 1. The van der Waals surface area contributed by atoms with E-state index in [0.717, 1.165) is 30.7 Å². The lowest BCUT2D eigenvalue weighted by molar-refractivity contribution is -0.142. The fourth-order valence-electron chi connectivity index (χ4n) is 5.55. The minimum atomic E-state index is -0.763. The topological polar surface area (TPSA) is 99.5 Å². The van der Waals surface area contributed by atoms with Gasteiger partial charge in [-0.25, -0.2) is 19.3 Å². The number of carbonyl (C=O) groups excluding carboxylic acids is 1. The van der Waals surface area contributed by atoms with Crippen molar-refractivity contribution in [3.05, 3.63) is 56.5 Å². The van der Waals surface area contributed by atoms with Gasteiger partial charge < -0.3 is 10.0 Å². The number of hydrogen-bond donors (Lipinski definition) is 1. The summed E-state index contributed by atoms with van der Waals surface area (Å²) in [4.78, 5) is 43.4. The van der Waals surface area contributed by atoms with Crippen molar-refractivity contribution in [2.24, 2.45) is 5.92 Å². The molecule has 40 heavy (non-hydrogen) atoms. The molecule has 8 nitrogen and oxygen atoms in total. The number of aromatic nitrogens is 3. The van der Waals surface area contributed by atoms with Crippen LogP contribution in [-0.4, -0.2) is 62.4 Å². The van der Waals surface area contributed by atoms with Crippen molar-refractivity contribution < 1.29 is 19.1 Å². The third kappa shape index (κ3) is 6.19. The summed E-state index contributed by atoms with van der Waals surface area (Å²) in [6.45, 7) is 6.71. The average Bonchev–Trinajstić information content (AvgIpc) is 3.58. The number of aliphatic carboxylic acids is 1. The molecule has 2 fully saturated rings. The SMILES string of the molecule is CC[C@@H]1CCCN1Cc1sc(CC(=O)c2cnc(N3CCC(C(=O)O)CC3)cn2)nc1-c1cc(F)c(C)c(Cl)c1. The molecule has 0 amide bonds. The first kappa shape index (κ1) is 28.6. The van der Waals surface area contributed by atoms with Crippen LogP contribution in [0.1, 0.15) is 65.0 Å². The van der Waals surface area contributed by atoms with Crippen molar-refractivity contribution in [3.63, 3.8) is 0 Å². The van der Waals surface area contributed by atoms with Gasteiger partial charge in [0, 0.05) is 46.7 Å². The zero-order valence-electron chi connectivity index (χ0n) is 22.7. The van der Waals surface area contributed by atoms with Gasteiger partial charge in [-0.05, 0) is 57.7 Å². The average molecular weight is 586 g/mol. The summed E-state index contributed by atoms with van der Waals surface area (Å²) in [5, 5.41) is 10.2. The van der Waals surface area contributed by atoms with Gasteiger partial charge in [0.2, 0.25) is 0 Å². The number of hydrogen-bond acceptors (Lipinski definition) is 8. The Morgan fingerprint density at radius 2 is 1.93 bits per heavy atom. The number of carboxylic acid groups (broad SMARTS) is 1. The molecule has 212 valence electrons. The van der Waals surface area contributed by atoms with Crippen LogP contribution in [0.4, 0.5) is 10.2 Å². The van der Waals surface area contributed by atoms with Crippen LogP contribution >= 0.6 is 22.9 Å². The molecule has 2 aliphatic rings. The van der Waals surface area contributed by atoms with Crippen molar-refractivity contribution in [2.75, 3.05) is 24.5 Å². The maximum absolute atomic E-state index is 14.6. The Kier molecular flexibility index (Phi) is 8.77. The van der Waals surface area contributed by atoms with Gasteiger partial charge in [-0.15, -0.1) is 11.3 Å². The molecule has 0 aliphatic carbocycles. The lowest BCUT2D eigenvalue weighted by atomic mass is 9.97. The minimum absolute atomic E-state index is 0.0645. The minimum Gasteiger partial charge on any atom is -0.481 e. The summed E-state index contributed by atoms with van der Waals surface area (Å²) in [5.41, 5.74) is 1.93. The predicted molar refractivity (Wildman–Crippen MR) is 154 cm³/mol. The van der Waals surface area contributed by atoms with E-state index in [9.17, 15) is 19.1 Å². The van der Waals surface area contributed by atoms with Crippen LogP contribution in [0.2, 0.25) is 5.02 Å². The number of piperidine rings is 1. The summed E-state index contributed by atoms with van der Waals surface area (Å²) in [5.74, 6) is -1.04. The maximum atomic E-state index is 14.6. The number of nitrogens with zero attached hydrogens (tertiary/aromatic N) is 5. The molecule has 1 aromatic carbocycles. The monoisotopic (exact) mass is 585 g/mol. The number of carboxylic acids is 1. The van der Waals surface area contributed by atoms with Gasteiger partial charge >= 0.3 is 5.97 Å². The van der Waals surface area contributed by atoms with Crippen molar-refractivity contribution in [3.8, 4) is 11.3 Å². The molecule has 3 aromatic rings. The smallest absolute Gasteiger partial charge is 0.306 e. The standard InChI is InChI=1S/C29H33ClFN5O3S/c1-3-20-5-4-8-36(20)16-25-28(19-11-21(30)17(2)22(31)12-19)34-27(40-25)13-24(37)23-14-33-26(15-32-23)35-9-6-18(7-10-35)29(38)39/h11-12,14-15,18,20H,3-10,13,16H2,1-2H3,(H,38,39)/t20-/m1/s1. The molecule has 0 unspecified atom stereocenters. The van der Waals surface area contributed by atoms with Crippen LogP contribution in [0.25, 0.3) is 11.3 Å². The van der Waals surface area contributed by atoms with Crippen LogP contribution < -0.4 is 4.90 Å². The molecule has 0 spiro atoms. The number of benzene rings is 1. The van der Waals surface area contributed by atoms with Gasteiger partial charge in [-0.2, -0.15) is 0 Å². The Bertz CT molecular complexity index is 1370. The second-order valence-electron chi connectivity index (χ2n) is 10.6. The van der Waals surface area contributed by atoms with Crippen LogP contribution in [-0.2, 0) is 17.8 Å². The van der Waals surface area contributed by atoms with Gasteiger partial charge in [-0.3, -0.25) is 14.5 Å². The summed E-state index contributed by atoms with van der Waals surface area (Å²) < 4.78 is 14.6. The second-order valence-corrected chi connectivity index (χ2v) is 12.2. The zero-order valence-corrected chi connectivity index (χ0v) is 24.3. The summed E-state index contributed by atoms with van der Waals surface area (Å²) >= 11 is 7.80. The van der Waals surface area contributed by atoms with Crippen LogP contribution in [0, 0.1) is 18.7 Å². The van der Waals surface area contributed by atoms with Crippen molar-refractivity contribution in [2.45, 2.75) is 65.0 Å². The van der Waals surface area contributed by atoms with Gasteiger partial charge in [0.05, 0.1) is 30.4 Å². The fourth-order valence-corrected chi connectivity index (χ4v) is 6.88. The first-order chi connectivity index (χ1) is 19.2. The number of halogens is 2. The Balaban J connectivity index is 1.34. The molecule has 2 saturated heterocycles. The highest BCUT2D eigenvalue weighted by molar-refractivity contribution is 7.12. The van der Waals surface area contributed by atoms with E-state index in [1.54, 1.807) is 19.2 Å². The molecule has 0 bridgehead atoms. The molecule has 0 saturated carbocycles. The molecule has 2 aromatic heterocycles. The molecule has 0 radical (unpaired) electrons.